The van der Waals surface area contributed by atoms with Crippen LogP contribution in [0.3, 0.4) is 0 Å². The summed E-state index contributed by atoms with van der Waals surface area (Å²) in [6, 6.07) is 54.7. The normalized spacial score (nSPS) is 16.0. The summed E-state index contributed by atoms with van der Waals surface area (Å²) in [5.41, 5.74) is 27.8. The number of piperidine rings is 2. The average molecular weight is 1140 g/mol. The predicted molar refractivity (Wildman–Crippen MR) is 340 cm³/mol. The Kier molecular flexibility index (Phi) is 16.2. The van der Waals surface area contributed by atoms with Crippen LogP contribution in [0.25, 0.3) is 66.5 Å². The van der Waals surface area contributed by atoms with Gasteiger partial charge >= 0.3 is 0 Å². The molecule has 6 aromatic heterocycles. The number of aromatic nitrogens is 9. The second-order valence-corrected chi connectivity index (χ2v) is 21.7. The lowest BCUT2D eigenvalue weighted by molar-refractivity contribution is 0.375. The Bertz CT molecular complexity index is 4010. The molecule has 0 aliphatic carbocycles. The molecule has 2 atom stereocenters. The van der Waals surface area contributed by atoms with E-state index in [1.807, 2.05) is 127 Å². The number of hydrogen-bond donors (Lipinski definition) is 6. The fourth-order valence-corrected chi connectivity index (χ4v) is 11.8. The lowest BCUT2D eigenvalue weighted by Gasteiger charge is -2.24. The maximum atomic E-state index is 6.27. The zero-order chi connectivity index (χ0) is 58.2. The first kappa shape index (κ1) is 55.1. The minimum absolute atomic E-state index is 0.370. The molecular weight excluding hydrogens is 1070 g/mol. The van der Waals surface area contributed by atoms with Gasteiger partial charge < -0.3 is 61.1 Å². The highest BCUT2D eigenvalue weighted by molar-refractivity contribution is 6.02. The van der Waals surface area contributed by atoms with Crippen molar-refractivity contribution in [1.29, 1.82) is 0 Å². The molecule has 18 heteroatoms. The van der Waals surface area contributed by atoms with Gasteiger partial charge in [-0.15, -0.1) is 0 Å². The van der Waals surface area contributed by atoms with E-state index in [2.05, 4.69) is 115 Å². The number of para-hydroxylation sites is 3. The van der Waals surface area contributed by atoms with Crippen molar-refractivity contribution in [1.82, 2.24) is 59.6 Å². The van der Waals surface area contributed by atoms with Gasteiger partial charge in [0.15, 0.2) is 0 Å². The third-order valence-electron chi connectivity index (χ3n) is 16.1. The number of nitrogens with two attached hydrogens (primary N) is 3. The summed E-state index contributed by atoms with van der Waals surface area (Å²) >= 11 is 0. The van der Waals surface area contributed by atoms with E-state index in [9.17, 15) is 0 Å². The lowest BCUT2D eigenvalue weighted by atomic mass is 10.1. The Morgan fingerprint density at radius 2 is 0.651 bits per heavy atom. The molecule has 3 aliphatic rings. The van der Waals surface area contributed by atoms with Crippen molar-refractivity contribution in [2.24, 2.45) is 0 Å². The van der Waals surface area contributed by atoms with Gasteiger partial charge in [0.05, 0.1) is 16.2 Å². The molecule has 9 heterocycles. The first-order chi connectivity index (χ1) is 42.4. The van der Waals surface area contributed by atoms with Crippen LogP contribution in [0.15, 0.2) is 201 Å². The predicted octanol–water partition coefficient (Wildman–Crippen LogP) is 12.8. The van der Waals surface area contributed by atoms with Crippen LogP contribution >= 0.6 is 0 Å². The van der Waals surface area contributed by atoms with E-state index in [0.29, 0.717) is 35.6 Å². The van der Waals surface area contributed by atoms with Gasteiger partial charge in [0.1, 0.15) is 87.9 Å². The fourth-order valence-electron chi connectivity index (χ4n) is 11.8. The van der Waals surface area contributed by atoms with Crippen molar-refractivity contribution in [3.63, 3.8) is 0 Å². The molecule has 0 amide bonds. The molecule has 2 unspecified atom stereocenters. The molecule has 0 spiro atoms. The van der Waals surface area contributed by atoms with Crippen molar-refractivity contribution >= 4 is 50.6 Å². The van der Waals surface area contributed by atoms with Gasteiger partial charge in [0.25, 0.3) is 0 Å². The van der Waals surface area contributed by atoms with Crippen LogP contribution in [0.1, 0.15) is 50.2 Å². The van der Waals surface area contributed by atoms with Gasteiger partial charge in [-0.25, -0.2) is 29.9 Å². The smallest absolute Gasteiger partial charge is 0.146 e. The molecular formula is C68H67N15O3. The first-order valence-electron chi connectivity index (χ1n) is 29.3. The Morgan fingerprint density at radius 3 is 0.988 bits per heavy atom. The number of nitrogens with zero attached hydrogens (tertiary/aromatic N) is 9. The van der Waals surface area contributed by atoms with E-state index in [1.165, 1.54) is 6.33 Å². The standard InChI is InChI=1S/2C23H23N5O.C22H21N5O/c24-22-21-20(14-28(23(21)27-15-26-22)17-5-4-12-25-13-17)16-8-10-19(11-9-16)29-18-6-2-1-3-7-18;24-22-21-20(14-28(23(21)27-15-26-22)17-10-12-25-13-11-17)16-6-8-19(9-7-16)29-18-4-2-1-3-5-18;23-21-20-19(13-27(16-10-11-24-12-16)22(20)26-14-25-21)15-6-8-18(9-7-15)28-17-4-2-1-3-5-17/h1-3,6-11,14-15,17,25H,4-5,12-13H2,(H2,24,26,27);1-9,14-15,17,25H,10-13H2,(H2,24,26,27);1-9,13-14,16,24H,10-12H2,(H2,23,25,26). The molecule has 0 saturated carbocycles. The SMILES string of the molecule is Nc1ncnc2c1c(-c1ccc(Oc3ccccc3)cc1)cn2C1CCCNC1.Nc1ncnc2c1c(-c1ccc(Oc3ccccc3)cc1)cn2C1CCNC1.Nc1ncnc2c1c(-c1ccc(Oc3ccccc3)cc1)cn2C1CCNCC1. The summed E-state index contributed by atoms with van der Waals surface area (Å²) < 4.78 is 24.5. The van der Waals surface area contributed by atoms with Crippen LogP contribution in [-0.2, 0) is 0 Å². The number of rotatable bonds is 12. The summed E-state index contributed by atoms with van der Waals surface area (Å²) in [7, 11) is 0. The van der Waals surface area contributed by atoms with E-state index >= 15 is 0 Å². The van der Waals surface area contributed by atoms with Crippen LogP contribution in [0, 0.1) is 0 Å². The van der Waals surface area contributed by atoms with Gasteiger partial charge in [-0.2, -0.15) is 0 Å². The summed E-state index contributed by atoms with van der Waals surface area (Å²) in [5, 5.41) is 13.1. The van der Waals surface area contributed by atoms with Gasteiger partial charge in [-0.05, 0) is 148 Å². The van der Waals surface area contributed by atoms with E-state index in [1.54, 1.807) is 12.7 Å². The number of fused-ring (bicyclic) bond motifs is 3. The Morgan fingerprint density at radius 1 is 0.337 bits per heavy atom. The highest BCUT2D eigenvalue weighted by Crippen LogP contribution is 2.40. The molecule has 0 bridgehead atoms. The second-order valence-electron chi connectivity index (χ2n) is 21.7. The molecule has 3 fully saturated rings. The van der Waals surface area contributed by atoms with E-state index in [-0.39, 0.29) is 0 Å². The third kappa shape index (κ3) is 12.0. The van der Waals surface area contributed by atoms with Crippen molar-refractivity contribution in [3.05, 3.63) is 201 Å². The first-order valence-corrected chi connectivity index (χ1v) is 29.3. The number of ether oxygens (including phenoxy) is 3. The Hall–Kier alpha value is -10.1. The van der Waals surface area contributed by atoms with Crippen LogP contribution in [0.5, 0.6) is 34.5 Å². The molecule has 86 heavy (non-hydrogen) atoms. The number of benzene rings is 6. The molecule has 6 aromatic carbocycles. The fraction of sp³-hybridized carbons (Fsp3) is 0.206. The van der Waals surface area contributed by atoms with Gasteiger partial charge in [0, 0.05) is 66.5 Å². The number of nitrogen functional groups attached to an aromatic ring is 3. The van der Waals surface area contributed by atoms with Crippen molar-refractivity contribution in [3.8, 4) is 67.9 Å². The summed E-state index contributed by atoms with van der Waals surface area (Å²) in [5.74, 6) is 6.38. The van der Waals surface area contributed by atoms with Gasteiger partial charge in [-0.3, -0.25) is 0 Å². The van der Waals surface area contributed by atoms with E-state index < -0.39 is 0 Å². The highest BCUT2D eigenvalue weighted by Gasteiger charge is 2.26. The molecule has 3 aliphatic heterocycles. The topological polar surface area (TPSA) is 234 Å². The molecule has 0 radical (unpaired) electrons. The van der Waals surface area contributed by atoms with Crippen LogP contribution in [-0.4, -0.2) is 82.9 Å². The third-order valence-corrected chi connectivity index (χ3v) is 16.1. The van der Waals surface area contributed by atoms with Gasteiger partial charge in [0.2, 0.25) is 0 Å². The minimum atomic E-state index is 0.370. The summed E-state index contributed by atoms with van der Waals surface area (Å²) in [6.07, 6.45) is 16.7. The lowest BCUT2D eigenvalue weighted by Crippen LogP contribution is -2.31. The number of hydrogen-bond acceptors (Lipinski definition) is 15. The van der Waals surface area contributed by atoms with Crippen LogP contribution in [0.4, 0.5) is 17.5 Å². The average Bonchev–Trinajstić information content (AvgIpc) is 2.10. The maximum absolute atomic E-state index is 6.27. The second kappa shape index (κ2) is 25.4. The molecule has 9 N–H and O–H groups in total. The van der Waals surface area contributed by atoms with Crippen LogP contribution in [0.2, 0.25) is 0 Å². The van der Waals surface area contributed by atoms with Crippen molar-refractivity contribution < 1.29 is 14.2 Å². The highest BCUT2D eigenvalue weighted by atomic mass is 16.5. The Balaban J connectivity index is 0.000000120. The Labute approximate surface area is 498 Å². The minimum Gasteiger partial charge on any atom is -0.457 e. The van der Waals surface area contributed by atoms with Crippen molar-refractivity contribution in [2.45, 2.75) is 50.2 Å². The molecule has 432 valence electrons. The van der Waals surface area contributed by atoms with E-state index in [4.69, 9.17) is 31.4 Å². The zero-order valence-electron chi connectivity index (χ0n) is 47.5. The number of nitrogens with one attached hydrogen (secondary N) is 3. The quantitative estimate of drug-likeness (QED) is 0.0668. The molecule has 15 rings (SSSR count). The summed E-state index contributed by atoms with van der Waals surface area (Å²) in [4.78, 5) is 26.3. The monoisotopic (exact) mass is 1140 g/mol. The maximum Gasteiger partial charge on any atom is 0.146 e. The van der Waals surface area contributed by atoms with Gasteiger partial charge in [-0.1, -0.05) is 91.0 Å². The zero-order valence-corrected chi connectivity index (χ0v) is 47.5. The van der Waals surface area contributed by atoms with Crippen LogP contribution < -0.4 is 47.4 Å². The van der Waals surface area contributed by atoms with E-state index in [0.717, 1.165) is 172 Å². The summed E-state index contributed by atoms with van der Waals surface area (Å²) in [6.45, 7) is 6.01. The van der Waals surface area contributed by atoms with Crippen molar-refractivity contribution in [2.75, 3.05) is 56.5 Å². The largest absolute Gasteiger partial charge is 0.457 e. The molecule has 3 saturated heterocycles. The molecule has 12 aromatic rings. The molecule has 18 nitrogen and oxygen atoms in total. The number of anilines is 3.